The third kappa shape index (κ3) is 4.58. The van der Waals surface area contributed by atoms with Gasteiger partial charge in [0.05, 0.1) is 5.56 Å². The number of nitrogens with one attached hydrogen (secondary N) is 1. The minimum atomic E-state index is -0.281. The van der Waals surface area contributed by atoms with Crippen LogP contribution in [0, 0.1) is 5.82 Å². The third-order valence-electron chi connectivity index (χ3n) is 5.29. The number of halogens is 1. The monoisotopic (exact) mass is 412 g/mol. The summed E-state index contributed by atoms with van der Waals surface area (Å²) in [5.41, 5.74) is 5.24. The van der Waals surface area contributed by atoms with Crippen LogP contribution in [0.25, 0.3) is 11.3 Å². The van der Waals surface area contributed by atoms with Gasteiger partial charge >= 0.3 is 0 Å². The molecule has 0 atom stereocenters. The summed E-state index contributed by atoms with van der Waals surface area (Å²) in [6, 6.07) is 27.9. The van der Waals surface area contributed by atoms with Crippen molar-refractivity contribution in [3.05, 3.63) is 114 Å². The average Bonchev–Trinajstić information content (AvgIpc) is 3.15. The number of aromatic nitrogens is 1. The van der Waals surface area contributed by atoms with Crippen molar-refractivity contribution in [3.8, 4) is 11.3 Å². The first-order valence-corrected chi connectivity index (χ1v) is 10.4. The Morgan fingerprint density at radius 1 is 0.903 bits per heavy atom. The van der Waals surface area contributed by atoms with Crippen LogP contribution >= 0.6 is 0 Å². The second-order valence-electron chi connectivity index (χ2n) is 7.88. The summed E-state index contributed by atoms with van der Waals surface area (Å²) in [6.45, 7) is 4.80. The van der Waals surface area contributed by atoms with E-state index in [1.807, 2.05) is 54.6 Å². The number of hydrogen-bond acceptors (Lipinski definition) is 1. The van der Waals surface area contributed by atoms with Crippen LogP contribution in [-0.4, -0.2) is 10.5 Å². The van der Waals surface area contributed by atoms with Gasteiger partial charge in [0.2, 0.25) is 0 Å². The first kappa shape index (κ1) is 20.6. The molecule has 0 unspecified atom stereocenters. The van der Waals surface area contributed by atoms with Crippen LogP contribution in [0.15, 0.2) is 91.0 Å². The lowest BCUT2D eigenvalue weighted by Gasteiger charge is -2.17. The van der Waals surface area contributed by atoms with Crippen LogP contribution in [0.1, 0.15) is 41.4 Å². The van der Waals surface area contributed by atoms with Crippen molar-refractivity contribution in [3.63, 3.8) is 0 Å². The van der Waals surface area contributed by atoms with Gasteiger partial charge in [0.25, 0.3) is 5.91 Å². The van der Waals surface area contributed by atoms with Crippen molar-refractivity contribution in [2.45, 2.75) is 26.3 Å². The van der Waals surface area contributed by atoms with Gasteiger partial charge in [-0.1, -0.05) is 62.4 Å². The lowest BCUT2D eigenvalue weighted by Crippen LogP contribution is -2.16. The molecule has 0 saturated heterocycles. The Kier molecular flexibility index (Phi) is 5.99. The molecule has 0 aliphatic heterocycles. The summed E-state index contributed by atoms with van der Waals surface area (Å²) in [7, 11) is 0. The van der Waals surface area contributed by atoms with Crippen LogP contribution in [0.3, 0.4) is 0 Å². The highest BCUT2D eigenvalue weighted by molar-refractivity contribution is 6.06. The van der Waals surface area contributed by atoms with E-state index in [1.54, 1.807) is 12.1 Å². The van der Waals surface area contributed by atoms with Gasteiger partial charge in [-0.3, -0.25) is 4.79 Å². The van der Waals surface area contributed by atoms with Gasteiger partial charge < -0.3 is 9.88 Å². The number of carbonyl (C=O) groups excluding carboxylic acids is 1. The predicted octanol–water partition coefficient (Wildman–Crippen LogP) is 6.72. The second-order valence-corrected chi connectivity index (χ2v) is 7.88. The molecule has 0 spiro atoms. The maximum absolute atomic E-state index is 13.6. The Morgan fingerprint density at radius 2 is 1.52 bits per heavy atom. The molecular weight excluding hydrogens is 387 g/mol. The van der Waals surface area contributed by atoms with Crippen molar-refractivity contribution in [1.29, 1.82) is 0 Å². The quantitative estimate of drug-likeness (QED) is 0.375. The van der Waals surface area contributed by atoms with E-state index < -0.39 is 0 Å². The van der Waals surface area contributed by atoms with E-state index in [-0.39, 0.29) is 17.6 Å². The first-order valence-electron chi connectivity index (χ1n) is 10.4. The summed E-state index contributed by atoms with van der Waals surface area (Å²) < 4.78 is 15.7. The number of rotatable bonds is 6. The summed E-state index contributed by atoms with van der Waals surface area (Å²) in [4.78, 5) is 13.3. The molecule has 3 aromatic carbocycles. The zero-order valence-electron chi connectivity index (χ0n) is 17.7. The maximum Gasteiger partial charge on any atom is 0.257 e. The molecule has 0 radical (unpaired) electrons. The van der Waals surface area contributed by atoms with Gasteiger partial charge in [0, 0.05) is 23.6 Å². The van der Waals surface area contributed by atoms with E-state index >= 15 is 0 Å². The molecular formula is C27H25FN2O. The van der Waals surface area contributed by atoms with E-state index in [0.717, 1.165) is 28.2 Å². The van der Waals surface area contributed by atoms with Crippen LogP contribution in [0.4, 0.5) is 10.1 Å². The van der Waals surface area contributed by atoms with Gasteiger partial charge in [-0.25, -0.2) is 4.39 Å². The molecule has 3 nitrogen and oxygen atoms in total. The topological polar surface area (TPSA) is 34.0 Å². The zero-order chi connectivity index (χ0) is 21.8. The molecule has 1 amide bonds. The van der Waals surface area contributed by atoms with Crippen LogP contribution < -0.4 is 5.32 Å². The van der Waals surface area contributed by atoms with Gasteiger partial charge in [0.15, 0.2) is 0 Å². The standard InChI is InChI=1S/C27H25FN2O/c1-19(2)26-24(27(31)29-23-11-7-4-8-12-23)17-25(21-13-15-22(28)16-14-21)30(26)18-20-9-5-3-6-10-20/h3-17,19H,18H2,1-2H3,(H,29,31). The van der Waals surface area contributed by atoms with Gasteiger partial charge in [0.1, 0.15) is 5.82 Å². The zero-order valence-corrected chi connectivity index (χ0v) is 17.7. The Hall–Kier alpha value is -3.66. The molecule has 4 aromatic rings. The van der Waals surface area contributed by atoms with Crippen molar-refractivity contribution >= 4 is 11.6 Å². The first-order chi connectivity index (χ1) is 15.0. The highest BCUT2D eigenvalue weighted by atomic mass is 19.1. The summed E-state index contributed by atoms with van der Waals surface area (Å²) in [5, 5.41) is 3.01. The van der Waals surface area contributed by atoms with Crippen LogP contribution in [0.2, 0.25) is 0 Å². The normalized spacial score (nSPS) is 11.0. The fourth-order valence-corrected chi connectivity index (χ4v) is 3.88. The molecule has 0 bridgehead atoms. The van der Waals surface area contributed by atoms with E-state index in [4.69, 9.17) is 0 Å². The molecule has 4 rings (SSSR count). The van der Waals surface area contributed by atoms with Gasteiger partial charge in [-0.15, -0.1) is 0 Å². The molecule has 31 heavy (non-hydrogen) atoms. The molecule has 0 saturated carbocycles. The number of nitrogens with zero attached hydrogens (tertiary/aromatic N) is 1. The number of benzene rings is 3. The minimum absolute atomic E-state index is 0.120. The van der Waals surface area contributed by atoms with E-state index in [1.165, 1.54) is 12.1 Å². The summed E-state index contributed by atoms with van der Waals surface area (Å²) >= 11 is 0. The Balaban J connectivity index is 1.83. The number of para-hydroxylation sites is 1. The number of carbonyl (C=O) groups is 1. The molecule has 1 heterocycles. The molecule has 0 aliphatic rings. The molecule has 1 aromatic heterocycles. The SMILES string of the molecule is CC(C)c1c(C(=O)Nc2ccccc2)cc(-c2ccc(F)cc2)n1Cc1ccccc1. The second kappa shape index (κ2) is 9.00. The third-order valence-corrected chi connectivity index (χ3v) is 5.29. The van der Waals surface area contributed by atoms with Gasteiger partial charge in [-0.2, -0.15) is 0 Å². The Labute approximate surface area is 182 Å². The summed E-state index contributed by atoms with van der Waals surface area (Å²) in [5.74, 6) is -0.310. The van der Waals surface area contributed by atoms with Gasteiger partial charge in [-0.05, 0) is 59.5 Å². The molecule has 1 N–H and O–H groups in total. The number of hydrogen-bond donors (Lipinski definition) is 1. The fourth-order valence-electron chi connectivity index (χ4n) is 3.88. The van der Waals surface area contributed by atoms with Crippen molar-refractivity contribution < 1.29 is 9.18 Å². The largest absolute Gasteiger partial charge is 0.339 e. The molecule has 156 valence electrons. The van der Waals surface area contributed by atoms with Crippen LogP contribution in [-0.2, 0) is 6.54 Å². The van der Waals surface area contributed by atoms with Crippen molar-refractivity contribution in [2.75, 3.05) is 5.32 Å². The lowest BCUT2D eigenvalue weighted by atomic mass is 10.0. The Bertz CT molecular complexity index is 1160. The average molecular weight is 413 g/mol. The maximum atomic E-state index is 13.6. The number of anilines is 1. The summed E-state index contributed by atoms with van der Waals surface area (Å²) in [6.07, 6.45) is 0. The fraction of sp³-hybridized carbons (Fsp3) is 0.148. The predicted molar refractivity (Wildman–Crippen MR) is 124 cm³/mol. The molecule has 0 fully saturated rings. The highest BCUT2D eigenvalue weighted by Crippen LogP contribution is 2.32. The Morgan fingerprint density at radius 3 is 2.13 bits per heavy atom. The van der Waals surface area contributed by atoms with E-state index in [9.17, 15) is 9.18 Å². The van der Waals surface area contributed by atoms with Crippen LogP contribution in [0.5, 0.6) is 0 Å². The van der Waals surface area contributed by atoms with Crippen molar-refractivity contribution in [2.24, 2.45) is 0 Å². The van der Waals surface area contributed by atoms with Crippen molar-refractivity contribution in [1.82, 2.24) is 4.57 Å². The lowest BCUT2D eigenvalue weighted by molar-refractivity contribution is 0.102. The molecule has 4 heteroatoms. The van der Waals surface area contributed by atoms with E-state index in [0.29, 0.717) is 12.1 Å². The number of amides is 1. The highest BCUT2D eigenvalue weighted by Gasteiger charge is 2.23. The smallest absolute Gasteiger partial charge is 0.257 e. The minimum Gasteiger partial charge on any atom is -0.339 e. The van der Waals surface area contributed by atoms with E-state index in [2.05, 4.69) is 35.9 Å². The molecule has 0 aliphatic carbocycles.